The third kappa shape index (κ3) is 2.45. The van der Waals surface area contributed by atoms with E-state index in [4.69, 9.17) is 5.84 Å². The average molecular weight is 274 g/mol. The molecule has 3 N–H and O–H groups in total. The van der Waals surface area contributed by atoms with Gasteiger partial charge in [-0.1, -0.05) is 0 Å². The highest BCUT2D eigenvalue weighted by Crippen LogP contribution is 2.11. The number of hydrazine groups is 1. The number of nitrogens with zero attached hydrogens (tertiary/aromatic N) is 1. The van der Waals surface area contributed by atoms with Crippen LogP contribution in [-0.2, 0) is 4.79 Å². The second-order valence-corrected chi connectivity index (χ2v) is 4.15. The van der Waals surface area contributed by atoms with Crippen LogP contribution in [0.5, 0.6) is 0 Å². The van der Waals surface area contributed by atoms with Gasteiger partial charge in [-0.2, -0.15) is 0 Å². The first-order valence-corrected chi connectivity index (χ1v) is 5.15. The zero-order valence-electron chi connectivity index (χ0n) is 8.45. The number of hydrogen-bond acceptors (Lipinski definition) is 3. The van der Waals surface area contributed by atoms with Crippen molar-refractivity contribution in [1.29, 1.82) is 0 Å². The van der Waals surface area contributed by atoms with E-state index in [9.17, 15) is 9.59 Å². The number of carbonyl (C=O) groups excluding carboxylic acids is 1. The van der Waals surface area contributed by atoms with E-state index in [1.807, 2.05) is 5.43 Å². The summed E-state index contributed by atoms with van der Waals surface area (Å²) in [5.41, 5.74) is 2.39. The van der Waals surface area contributed by atoms with Crippen LogP contribution in [0.25, 0.3) is 0 Å². The average Bonchev–Trinajstić information content (AvgIpc) is 2.21. The van der Waals surface area contributed by atoms with E-state index in [0.717, 1.165) is 4.47 Å². The Balaban J connectivity index is 3.25. The maximum absolute atomic E-state index is 11.7. The van der Waals surface area contributed by atoms with E-state index in [1.54, 1.807) is 26.1 Å². The Morgan fingerprint density at radius 1 is 1.67 bits per heavy atom. The summed E-state index contributed by atoms with van der Waals surface area (Å²) in [6.07, 6.45) is 1.56. The van der Waals surface area contributed by atoms with Crippen LogP contribution in [-0.4, -0.2) is 10.5 Å². The molecule has 15 heavy (non-hydrogen) atoms. The van der Waals surface area contributed by atoms with Crippen LogP contribution in [0.1, 0.15) is 18.5 Å². The summed E-state index contributed by atoms with van der Waals surface area (Å²) in [5.74, 6) is 4.60. The van der Waals surface area contributed by atoms with Crippen molar-refractivity contribution in [3.8, 4) is 0 Å². The van der Waals surface area contributed by atoms with Gasteiger partial charge in [-0.3, -0.25) is 15.0 Å². The molecule has 0 aliphatic rings. The lowest BCUT2D eigenvalue weighted by Crippen LogP contribution is -2.39. The fourth-order valence-electron chi connectivity index (χ4n) is 1.24. The topological polar surface area (TPSA) is 77.1 Å². The highest BCUT2D eigenvalue weighted by atomic mass is 79.9. The first kappa shape index (κ1) is 11.9. The fourth-order valence-corrected chi connectivity index (χ4v) is 1.80. The first-order chi connectivity index (χ1) is 6.97. The van der Waals surface area contributed by atoms with E-state index in [2.05, 4.69) is 15.9 Å². The van der Waals surface area contributed by atoms with Gasteiger partial charge in [0.1, 0.15) is 6.04 Å². The molecular weight excluding hydrogens is 262 g/mol. The number of halogens is 1. The van der Waals surface area contributed by atoms with Crippen molar-refractivity contribution in [3.05, 3.63) is 32.7 Å². The highest BCUT2D eigenvalue weighted by Gasteiger charge is 2.15. The van der Waals surface area contributed by atoms with Crippen LogP contribution in [0.3, 0.4) is 0 Å². The van der Waals surface area contributed by atoms with E-state index >= 15 is 0 Å². The van der Waals surface area contributed by atoms with Crippen LogP contribution in [0.2, 0.25) is 0 Å². The van der Waals surface area contributed by atoms with Gasteiger partial charge < -0.3 is 4.57 Å². The molecule has 5 nitrogen and oxygen atoms in total. The second-order valence-electron chi connectivity index (χ2n) is 3.24. The molecule has 0 aliphatic heterocycles. The van der Waals surface area contributed by atoms with Crippen molar-refractivity contribution >= 4 is 21.8 Å². The number of nitrogens with one attached hydrogen (secondary N) is 1. The van der Waals surface area contributed by atoms with Gasteiger partial charge in [-0.05, 0) is 35.8 Å². The number of pyridine rings is 1. The number of rotatable bonds is 2. The summed E-state index contributed by atoms with van der Waals surface area (Å²) in [4.78, 5) is 23.0. The lowest BCUT2D eigenvalue weighted by molar-refractivity contribution is -0.124. The van der Waals surface area contributed by atoms with Crippen LogP contribution in [0, 0.1) is 6.92 Å². The zero-order chi connectivity index (χ0) is 11.6. The van der Waals surface area contributed by atoms with Crippen LogP contribution in [0.4, 0.5) is 0 Å². The quantitative estimate of drug-likeness (QED) is 0.467. The molecule has 0 fully saturated rings. The third-order valence-corrected chi connectivity index (χ3v) is 2.56. The Hall–Kier alpha value is -1.14. The molecule has 1 unspecified atom stereocenters. The van der Waals surface area contributed by atoms with Crippen LogP contribution >= 0.6 is 15.9 Å². The number of hydrogen-bond donors (Lipinski definition) is 2. The molecule has 1 aromatic rings. The van der Waals surface area contributed by atoms with Gasteiger partial charge >= 0.3 is 0 Å². The molecule has 1 aromatic heterocycles. The monoisotopic (exact) mass is 273 g/mol. The third-order valence-electron chi connectivity index (χ3n) is 2.13. The van der Waals surface area contributed by atoms with Gasteiger partial charge in [0.15, 0.2) is 0 Å². The summed E-state index contributed by atoms with van der Waals surface area (Å²) in [6.45, 7) is 3.30. The van der Waals surface area contributed by atoms with Crippen LogP contribution in [0.15, 0.2) is 21.5 Å². The molecule has 0 bridgehead atoms. The molecule has 82 valence electrons. The molecule has 1 heterocycles. The van der Waals surface area contributed by atoms with Crippen molar-refractivity contribution in [2.45, 2.75) is 19.9 Å². The van der Waals surface area contributed by atoms with Gasteiger partial charge in [-0.15, -0.1) is 0 Å². The summed E-state index contributed by atoms with van der Waals surface area (Å²) in [6, 6.07) is 1.07. The molecule has 0 spiro atoms. The zero-order valence-corrected chi connectivity index (χ0v) is 10.0. The summed E-state index contributed by atoms with van der Waals surface area (Å²) in [5, 5.41) is 0. The molecule has 1 atom stereocenters. The molecule has 6 heteroatoms. The van der Waals surface area contributed by atoms with Crippen molar-refractivity contribution in [3.63, 3.8) is 0 Å². The standard InChI is InChI=1S/C9H12BrN3O2/c1-5-3-7(10)4-13(9(5)15)6(2)8(14)12-11/h3-4,6H,11H2,1-2H3,(H,12,14). The molecule has 0 saturated heterocycles. The molecular formula is C9H12BrN3O2. The predicted molar refractivity (Wildman–Crippen MR) is 60.2 cm³/mol. The lowest BCUT2D eigenvalue weighted by atomic mass is 10.2. The Morgan fingerprint density at radius 2 is 2.27 bits per heavy atom. The number of amides is 1. The van der Waals surface area contributed by atoms with Gasteiger partial charge in [0.25, 0.3) is 11.5 Å². The Labute approximate surface area is 95.4 Å². The minimum absolute atomic E-state index is 0.200. The number of carbonyl (C=O) groups is 1. The Morgan fingerprint density at radius 3 is 2.80 bits per heavy atom. The van der Waals surface area contributed by atoms with E-state index in [1.165, 1.54) is 4.57 Å². The molecule has 0 radical (unpaired) electrons. The van der Waals surface area contributed by atoms with Gasteiger partial charge in [-0.25, -0.2) is 5.84 Å². The molecule has 1 amide bonds. The van der Waals surface area contributed by atoms with Crippen molar-refractivity contribution in [2.24, 2.45) is 5.84 Å². The van der Waals surface area contributed by atoms with Crippen molar-refractivity contribution < 1.29 is 4.79 Å². The van der Waals surface area contributed by atoms with Crippen LogP contribution < -0.4 is 16.8 Å². The van der Waals surface area contributed by atoms with Gasteiger partial charge in [0, 0.05) is 16.2 Å². The predicted octanol–water partition coefficient (Wildman–Crippen LogP) is 0.470. The maximum atomic E-state index is 11.7. The first-order valence-electron chi connectivity index (χ1n) is 4.36. The highest BCUT2D eigenvalue weighted by molar-refractivity contribution is 9.10. The largest absolute Gasteiger partial charge is 0.302 e. The number of aromatic nitrogens is 1. The molecule has 0 aliphatic carbocycles. The van der Waals surface area contributed by atoms with E-state index in [-0.39, 0.29) is 5.56 Å². The number of nitrogens with two attached hydrogens (primary N) is 1. The molecule has 0 saturated carbocycles. The number of aryl methyl sites for hydroxylation is 1. The van der Waals surface area contributed by atoms with Gasteiger partial charge in [0.05, 0.1) is 0 Å². The fraction of sp³-hybridized carbons (Fsp3) is 0.333. The SMILES string of the molecule is Cc1cc(Br)cn(C(C)C(=O)NN)c1=O. The van der Waals surface area contributed by atoms with E-state index < -0.39 is 11.9 Å². The Kier molecular flexibility index (Phi) is 3.65. The normalized spacial score (nSPS) is 12.3. The Bertz CT molecular complexity index is 441. The minimum Gasteiger partial charge on any atom is -0.302 e. The minimum atomic E-state index is -0.626. The van der Waals surface area contributed by atoms with Crippen molar-refractivity contribution in [2.75, 3.05) is 0 Å². The van der Waals surface area contributed by atoms with E-state index in [0.29, 0.717) is 5.56 Å². The van der Waals surface area contributed by atoms with Crippen molar-refractivity contribution in [1.82, 2.24) is 9.99 Å². The molecule has 1 rings (SSSR count). The summed E-state index contributed by atoms with van der Waals surface area (Å²) >= 11 is 3.26. The summed E-state index contributed by atoms with van der Waals surface area (Å²) < 4.78 is 2.08. The molecule has 0 aromatic carbocycles. The lowest BCUT2D eigenvalue weighted by Gasteiger charge is -2.14. The maximum Gasteiger partial charge on any atom is 0.256 e. The van der Waals surface area contributed by atoms with Gasteiger partial charge in [0.2, 0.25) is 0 Å². The second kappa shape index (κ2) is 4.59. The summed E-state index contributed by atoms with van der Waals surface area (Å²) in [7, 11) is 0. The smallest absolute Gasteiger partial charge is 0.256 e.